The molecule has 110 valence electrons. The number of piperidine rings is 1. The van der Waals surface area contributed by atoms with Gasteiger partial charge in [-0.05, 0) is 45.7 Å². The minimum atomic E-state index is -0.132. The van der Waals surface area contributed by atoms with E-state index in [9.17, 15) is 4.79 Å². The van der Waals surface area contributed by atoms with E-state index < -0.39 is 0 Å². The van der Waals surface area contributed by atoms with Crippen molar-refractivity contribution in [2.24, 2.45) is 0 Å². The number of nitrogens with one attached hydrogen (secondary N) is 1. The molecule has 1 aromatic rings. The Morgan fingerprint density at radius 3 is 2.70 bits per heavy atom. The van der Waals surface area contributed by atoms with E-state index in [1.165, 1.54) is 0 Å². The molecule has 0 spiro atoms. The summed E-state index contributed by atoms with van der Waals surface area (Å²) in [6.07, 6.45) is 3.58. The molecule has 1 aromatic heterocycles. The first-order valence-corrected chi connectivity index (χ1v) is 7.58. The van der Waals surface area contributed by atoms with Crippen LogP contribution in [0.2, 0.25) is 0 Å². The van der Waals surface area contributed by atoms with Gasteiger partial charge in [-0.3, -0.25) is 14.7 Å². The van der Waals surface area contributed by atoms with Gasteiger partial charge in [0.2, 0.25) is 0 Å². The quantitative estimate of drug-likeness (QED) is 0.840. The van der Waals surface area contributed by atoms with Crippen LogP contribution in [0, 0.1) is 6.92 Å². The molecule has 4 nitrogen and oxygen atoms in total. The first-order valence-electron chi connectivity index (χ1n) is 7.07. The Morgan fingerprint density at radius 1 is 1.50 bits per heavy atom. The number of aryl methyl sites for hydroxylation is 1. The average molecular weight is 293 g/mol. The number of nitrogens with zero attached hydrogens (tertiary/aromatic N) is 2. The Bertz CT molecular complexity index is 482. The molecule has 20 heavy (non-hydrogen) atoms. The van der Waals surface area contributed by atoms with Crippen LogP contribution in [0.4, 0.5) is 0 Å². The first-order chi connectivity index (χ1) is 9.39. The third-order valence-electron chi connectivity index (χ3n) is 4.00. The lowest BCUT2D eigenvalue weighted by atomic mass is 9.89. The largest absolute Gasteiger partial charge is 0.347 e. The fourth-order valence-electron chi connectivity index (χ4n) is 2.55. The summed E-state index contributed by atoms with van der Waals surface area (Å²) in [5.74, 6) is -0.00891. The van der Waals surface area contributed by atoms with Crippen LogP contribution < -0.4 is 5.32 Å². The number of hydrogen-bond donors (Lipinski definition) is 2. The zero-order chi connectivity index (χ0) is 14.8. The van der Waals surface area contributed by atoms with Crippen LogP contribution in [0.25, 0.3) is 0 Å². The van der Waals surface area contributed by atoms with Gasteiger partial charge >= 0.3 is 0 Å². The molecule has 0 saturated carbocycles. The van der Waals surface area contributed by atoms with Crippen molar-refractivity contribution in [2.45, 2.75) is 44.5 Å². The zero-order valence-corrected chi connectivity index (χ0v) is 13.3. The van der Waals surface area contributed by atoms with Gasteiger partial charge in [0.05, 0.1) is 0 Å². The molecule has 1 aliphatic heterocycles. The lowest BCUT2D eigenvalue weighted by molar-refractivity contribution is 0.0830. The lowest BCUT2D eigenvalue weighted by Crippen LogP contribution is -2.54. The maximum absolute atomic E-state index is 12.3. The van der Waals surface area contributed by atoms with Crippen molar-refractivity contribution in [3.8, 4) is 0 Å². The summed E-state index contributed by atoms with van der Waals surface area (Å²) in [6.45, 7) is 8.04. The number of carbonyl (C=O) groups excluding carboxylic acids is 1. The summed E-state index contributed by atoms with van der Waals surface area (Å²) in [4.78, 5) is 18.8. The summed E-state index contributed by atoms with van der Waals surface area (Å²) in [6, 6.07) is 3.58. The number of hydrogen-bond acceptors (Lipinski definition) is 4. The number of carbonyl (C=O) groups is 1. The normalized spacial score (nSPS) is 20.4. The molecule has 1 aliphatic rings. The van der Waals surface area contributed by atoms with Crippen molar-refractivity contribution in [1.82, 2.24) is 15.2 Å². The van der Waals surface area contributed by atoms with Gasteiger partial charge < -0.3 is 5.32 Å². The molecule has 1 N–H and O–H groups in total. The number of thiol groups is 1. The number of amides is 1. The van der Waals surface area contributed by atoms with E-state index in [0.29, 0.717) is 5.56 Å². The standard InChI is InChI=1S/C15H23N3OS/c1-11-10-13(4-7-16-11)14(19)17-15(3)5-8-18(9-6-15)12(2)20/h4,7,10,12,20H,5-6,8-9H2,1-3H3,(H,17,19). The zero-order valence-electron chi connectivity index (χ0n) is 12.4. The number of pyridine rings is 1. The highest BCUT2D eigenvalue weighted by Gasteiger charge is 2.32. The summed E-state index contributed by atoms with van der Waals surface area (Å²) in [7, 11) is 0. The van der Waals surface area contributed by atoms with Crippen LogP contribution in [0.1, 0.15) is 42.7 Å². The summed E-state index contributed by atoms with van der Waals surface area (Å²) >= 11 is 4.47. The third-order valence-corrected chi connectivity index (χ3v) is 4.33. The molecule has 2 heterocycles. The second-order valence-electron chi connectivity index (χ2n) is 5.87. The van der Waals surface area contributed by atoms with E-state index in [4.69, 9.17) is 0 Å². The number of aromatic nitrogens is 1. The van der Waals surface area contributed by atoms with Gasteiger partial charge in [0.25, 0.3) is 5.91 Å². The molecule has 1 fully saturated rings. The minimum absolute atomic E-state index is 0.00891. The van der Waals surface area contributed by atoms with Crippen LogP contribution in [0.15, 0.2) is 18.3 Å². The van der Waals surface area contributed by atoms with Crippen molar-refractivity contribution >= 4 is 18.5 Å². The molecule has 1 saturated heterocycles. The molecule has 1 unspecified atom stereocenters. The first kappa shape index (κ1) is 15.3. The maximum Gasteiger partial charge on any atom is 0.251 e. The second kappa shape index (κ2) is 6.14. The molecule has 1 atom stereocenters. The van der Waals surface area contributed by atoms with Gasteiger partial charge in [-0.2, -0.15) is 12.6 Å². The molecule has 0 bridgehead atoms. The van der Waals surface area contributed by atoms with Crippen molar-refractivity contribution in [2.75, 3.05) is 13.1 Å². The van der Waals surface area contributed by atoms with Crippen LogP contribution in [-0.4, -0.2) is 39.8 Å². The van der Waals surface area contributed by atoms with Crippen LogP contribution in [0.5, 0.6) is 0 Å². The Kier molecular flexibility index (Phi) is 4.70. The van der Waals surface area contributed by atoms with E-state index >= 15 is 0 Å². The Balaban J connectivity index is 1.98. The van der Waals surface area contributed by atoms with Gasteiger partial charge in [0, 0.05) is 41.5 Å². The van der Waals surface area contributed by atoms with E-state index in [2.05, 4.69) is 41.7 Å². The second-order valence-corrected chi connectivity index (χ2v) is 6.62. The molecular weight excluding hydrogens is 270 g/mol. The van der Waals surface area contributed by atoms with Gasteiger partial charge in [-0.15, -0.1) is 0 Å². The van der Waals surface area contributed by atoms with Gasteiger partial charge in [0.15, 0.2) is 0 Å². The van der Waals surface area contributed by atoms with E-state index in [0.717, 1.165) is 31.6 Å². The summed E-state index contributed by atoms with van der Waals surface area (Å²) in [5.41, 5.74) is 1.41. The molecule has 0 radical (unpaired) electrons. The van der Waals surface area contributed by atoms with Crippen LogP contribution in [-0.2, 0) is 0 Å². The molecule has 0 aliphatic carbocycles. The van der Waals surface area contributed by atoms with E-state index in [1.807, 2.05) is 13.0 Å². The van der Waals surface area contributed by atoms with Crippen molar-refractivity contribution in [3.05, 3.63) is 29.6 Å². The average Bonchev–Trinajstić information content (AvgIpc) is 2.38. The summed E-state index contributed by atoms with van der Waals surface area (Å²) in [5, 5.41) is 3.46. The van der Waals surface area contributed by atoms with Gasteiger partial charge in [0.1, 0.15) is 0 Å². The number of likely N-dealkylation sites (tertiary alicyclic amines) is 1. The van der Waals surface area contributed by atoms with Gasteiger partial charge in [-0.25, -0.2) is 0 Å². The van der Waals surface area contributed by atoms with Crippen molar-refractivity contribution in [1.29, 1.82) is 0 Å². The fraction of sp³-hybridized carbons (Fsp3) is 0.600. The minimum Gasteiger partial charge on any atom is -0.347 e. The topological polar surface area (TPSA) is 45.2 Å². The van der Waals surface area contributed by atoms with Crippen molar-refractivity contribution < 1.29 is 4.79 Å². The highest BCUT2D eigenvalue weighted by atomic mass is 32.1. The third kappa shape index (κ3) is 3.73. The number of rotatable bonds is 3. The molecule has 5 heteroatoms. The Morgan fingerprint density at radius 2 is 2.15 bits per heavy atom. The van der Waals surface area contributed by atoms with Crippen LogP contribution in [0.3, 0.4) is 0 Å². The van der Waals surface area contributed by atoms with E-state index in [-0.39, 0.29) is 16.8 Å². The predicted octanol–water partition coefficient (Wildman–Crippen LogP) is 2.25. The summed E-state index contributed by atoms with van der Waals surface area (Å²) < 4.78 is 0. The lowest BCUT2D eigenvalue weighted by Gasteiger charge is -2.41. The highest BCUT2D eigenvalue weighted by Crippen LogP contribution is 2.24. The van der Waals surface area contributed by atoms with E-state index in [1.54, 1.807) is 12.3 Å². The van der Waals surface area contributed by atoms with Crippen molar-refractivity contribution in [3.63, 3.8) is 0 Å². The smallest absolute Gasteiger partial charge is 0.251 e. The van der Waals surface area contributed by atoms with Crippen LogP contribution >= 0.6 is 12.6 Å². The maximum atomic E-state index is 12.3. The molecule has 1 amide bonds. The SMILES string of the molecule is Cc1cc(C(=O)NC2(C)CCN(C(C)S)CC2)ccn1. The molecule has 0 aromatic carbocycles. The molecular formula is C15H23N3OS. The Hall–Kier alpha value is -1.07. The molecule has 2 rings (SSSR count). The van der Waals surface area contributed by atoms with Gasteiger partial charge in [-0.1, -0.05) is 0 Å². The highest BCUT2D eigenvalue weighted by molar-refractivity contribution is 7.80. The predicted molar refractivity (Wildman–Crippen MR) is 84.1 cm³/mol. The Labute approximate surface area is 126 Å². The monoisotopic (exact) mass is 293 g/mol. The fourth-order valence-corrected chi connectivity index (χ4v) is 2.78.